The molecule has 0 fully saturated rings. The zero-order valence-electron chi connectivity index (χ0n) is 9.27. The van der Waals surface area contributed by atoms with Crippen molar-refractivity contribution >= 4 is 22.8 Å². The second-order valence-electron chi connectivity index (χ2n) is 4.13. The molecular formula is C12H14O3S. The Bertz CT molecular complexity index is 385. The predicted molar refractivity (Wildman–Crippen MR) is 64.6 cm³/mol. The van der Waals surface area contributed by atoms with Crippen LogP contribution in [0.5, 0.6) is 0 Å². The molecule has 86 valence electrons. The molecule has 0 aliphatic carbocycles. The van der Waals surface area contributed by atoms with Crippen molar-refractivity contribution in [3.63, 3.8) is 0 Å². The standard InChI is InChI=1S/C12H14O3S/c1-12(2,11(14)15)8-16-10(13)9-6-4-3-5-7-9/h3-7H,8H2,1-2H3,(H,14,15). The Morgan fingerprint density at radius 1 is 1.25 bits per heavy atom. The number of thioether (sulfide) groups is 1. The van der Waals surface area contributed by atoms with Gasteiger partial charge in [0.15, 0.2) is 0 Å². The first kappa shape index (κ1) is 12.8. The van der Waals surface area contributed by atoms with E-state index in [4.69, 9.17) is 5.11 Å². The molecule has 16 heavy (non-hydrogen) atoms. The quantitative estimate of drug-likeness (QED) is 0.876. The maximum absolute atomic E-state index is 11.7. The summed E-state index contributed by atoms with van der Waals surface area (Å²) >= 11 is 1.05. The molecule has 0 saturated heterocycles. The van der Waals surface area contributed by atoms with E-state index in [2.05, 4.69) is 0 Å². The molecule has 0 unspecified atom stereocenters. The van der Waals surface area contributed by atoms with Crippen molar-refractivity contribution in [1.82, 2.24) is 0 Å². The fourth-order valence-electron chi connectivity index (χ4n) is 0.965. The lowest BCUT2D eigenvalue weighted by Crippen LogP contribution is -2.26. The SMILES string of the molecule is CC(C)(CSC(=O)c1ccccc1)C(=O)O. The number of aliphatic carboxylic acids is 1. The second kappa shape index (κ2) is 5.16. The van der Waals surface area contributed by atoms with Crippen molar-refractivity contribution in [3.05, 3.63) is 35.9 Å². The lowest BCUT2D eigenvalue weighted by molar-refractivity contribution is -0.145. The van der Waals surface area contributed by atoms with E-state index in [1.165, 1.54) is 0 Å². The molecule has 0 aliphatic heterocycles. The maximum atomic E-state index is 11.7. The Kier molecular flexibility index (Phi) is 4.12. The summed E-state index contributed by atoms with van der Waals surface area (Å²) in [5.41, 5.74) is -0.275. The number of rotatable bonds is 4. The van der Waals surface area contributed by atoms with Crippen LogP contribution in [0.4, 0.5) is 0 Å². The highest BCUT2D eigenvalue weighted by Gasteiger charge is 2.28. The Morgan fingerprint density at radius 2 is 1.81 bits per heavy atom. The summed E-state index contributed by atoms with van der Waals surface area (Å²) in [6, 6.07) is 8.86. The first-order valence-electron chi connectivity index (χ1n) is 4.89. The van der Waals surface area contributed by atoms with Gasteiger partial charge in [-0.1, -0.05) is 42.1 Å². The van der Waals surface area contributed by atoms with Gasteiger partial charge in [-0.15, -0.1) is 0 Å². The summed E-state index contributed by atoms with van der Waals surface area (Å²) in [7, 11) is 0. The molecule has 0 saturated carbocycles. The van der Waals surface area contributed by atoms with Gasteiger partial charge >= 0.3 is 5.97 Å². The van der Waals surface area contributed by atoms with E-state index in [9.17, 15) is 9.59 Å². The Hall–Kier alpha value is -1.29. The highest BCUT2D eigenvalue weighted by molar-refractivity contribution is 8.14. The average molecular weight is 238 g/mol. The number of carboxylic acid groups (broad SMARTS) is 1. The first-order valence-corrected chi connectivity index (χ1v) is 5.87. The molecule has 1 N–H and O–H groups in total. The molecule has 4 heteroatoms. The van der Waals surface area contributed by atoms with E-state index in [-0.39, 0.29) is 10.9 Å². The zero-order valence-corrected chi connectivity index (χ0v) is 10.1. The number of carbonyl (C=O) groups is 2. The minimum atomic E-state index is -0.888. The van der Waals surface area contributed by atoms with Crippen LogP contribution in [0, 0.1) is 5.41 Å². The van der Waals surface area contributed by atoms with Gasteiger partial charge in [0.25, 0.3) is 0 Å². The first-order chi connectivity index (χ1) is 7.43. The molecular weight excluding hydrogens is 224 g/mol. The van der Waals surface area contributed by atoms with E-state index < -0.39 is 11.4 Å². The van der Waals surface area contributed by atoms with Crippen LogP contribution in [0.15, 0.2) is 30.3 Å². The van der Waals surface area contributed by atoms with Crippen molar-refractivity contribution < 1.29 is 14.7 Å². The van der Waals surface area contributed by atoms with Crippen molar-refractivity contribution in [2.45, 2.75) is 13.8 Å². The largest absolute Gasteiger partial charge is 0.481 e. The monoisotopic (exact) mass is 238 g/mol. The molecule has 0 radical (unpaired) electrons. The van der Waals surface area contributed by atoms with Crippen molar-refractivity contribution in [2.24, 2.45) is 5.41 Å². The normalized spacial score (nSPS) is 11.1. The summed E-state index contributed by atoms with van der Waals surface area (Å²) in [5, 5.41) is 8.81. The number of hydrogen-bond donors (Lipinski definition) is 1. The molecule has 1 aromatic rings. The van der Waals surface area contributed by atoms with E-state index in [1.807, 2.05) is 6.07 Å². The molecule has 0 amide bonds. The summed E-state index contributed by atoms with van der Waals surface area (Å²) in [5.74, 6) is -0.614. The van der Waals surface area contributed by atoms with Crippen LogP contribution in [-0.2, 0) is 4.79 Å². The highest BCUT2D eigenvalue weighted by Crippen LogP contribution is 2.24. The summed E-state index contributed by atoms with van der Waals surface area (Å²) < 4.78 is 0. The molecule has 3 nitrogen and oxygen atoms in total. The van der Waals surface area contributed by atoms with Crippen LogP contribution in [0.3, 0.4) is 0 Å². The third kappa shape index (κ3) is 3.38. The van der Waals surface area contributed by atoms with Crippen LogP contribution >= 0.6 is 11.8 Å². The second-order valence-corrected chi connectivity index (χ2v) is 5.08. The minimum Gasteiger partial charge on any atom is -0.481 e. The minimum absolute atomic E-state index is 0.0880. The third-order valence-corrected chi connectivity index (χ3v) is 3.52. The molecule has 0 spiro atoms. The smallest absolute Gasteiger partial charge is 0.309 e. The van der Waals surface area contributed by atoms with Crippen molar-refractivity contribution in [1.29, 1.82) is 0 Å². The van der Waals surface area contributed by atoms with E-state index in [0.29, 0.717) is 5.56 Å². The fourth-order valence-corrected chi connectivity index (χ4v) is 1.88. The topological polar surface area (TPSA) is 54.4 Å². The zero-order chi connectivity index (χ0) is 12.2. The van der Waals surface area contributed by atoms with Crippen LogP contribution in [0.25, 0.3) is 0 Å². The summed E-state index contributed by atoms with van der Waals surface area (Å²) in [6.07, 6.45) is 0. The Balaban J connectivity index is 2.58. The van der Waals surface area contributed by atoms with Gasteiger partial charge in [0.1, 0.15) is 0 Å². The highest BCUT2D eigenvalue weighted by atomic mass is 32.2. The van der Waals surface area contributed by atoms with E-state index >= 15 is 0 Å². The van der Waals surface area contributed by atoms with Gasteiger partial charge in [0.2, 0.25) is 5.12 Å². The van der Waals surface area contributed by atoms with Crippen molar-refractivity contribution in [2.75, 3.05) is 5.75 Å². The molecule has 1 rings (SSSR count). The number of carboxylic acids is 1. The molecule has 0 aliphatic rings. The van der Waals surface area contributed by atoms with Gasteiger partial charge in [-0.2, -0.15) is 0 Å². The van der Waals surface area contributed by atoms with Crippen molar-refractivity contribution in [3.8, 4) is 0 Å². The predicted octanol–water partition coefficient (Wildman–Crippen LogP) is 2.67. The van der Waals surface area contributed by atoms with E-state index in [0.717, 1.165) is 11.8 Å². The number of hydrogen-bond acceptors (Lipinski definition) is 3. The fraction of sp³-hybridized carbons (Fsp3) is 0.333. The van der Waals surface area contributed by atoms with Crippen LogP contribution in [0.1, 0.15) is 24.2 Å². The van der Waals surface area contributed by atoms with Gasteiger partial charge in [0, 0.05) is 11.3 Å². The van der Waals surface area contributed by atoms with Gasteiger partial charge < -0.3 is 5.11 Å². The number of benzene rings is 1. The lowest BCUT2D eigenvalue weighted by atomic mass is 9.97. The molecule has 0 atom stereocenters. The molecule has 0 heterocycles. The maximum Gasteiger partial charge on any atom is 0.309 e. The average Bonchev–Trinajstić information content (AvgIpc) is 2.27. The summed E-state index contributed by atoms with van der Waals surface area (Å²) in [4.78, 5) is 22.5. The molecule has 1 aromatic carbocycles. The number of carbonyl (C=O) groups excluding carboxylic acids is 1. The molecule has 0 bridgehead atoms. The van der Waals surface area contributed by atoms with Gasteiger partial charge in [-0.3, -0.25) is 9.59 Å². The third-order valence-electron chi connectivity index (χ3n) is 2.15. The van der Waals surface area contributed by atoms with E-state index in [1.54, 1.807) is 38.1 Å². The van der Waals surface area contributed by atoms with Gasteiger partial charge in [0.05, 0.1) is 5.41 Å². The Labute approximate surface area is 98.9 Å². The van der Waals surface area contributed by atoms with Crippen LogP contribution in [-0.4, -0.2) is 21.9 Å². The molecule has 0 aromatic heterocycles. The van der Waals surface area contributed by atoms with Gasteiger partial charge in [-0.05, 0) is 13.8 Å². The lowest BCUT2D eigenvalue weighted by Gasteiger charge is -2.17. The summed E-state index contributed by atoms with van der Waals surface area (Å²) in [6.45, 7) is 3.22. The Morgan fingerprint density at radius 3 is 2.31 bits per heavy atom. The van der Waals surface area contributed by atoms with Crippen LogP contribution < -0.4 is 0 Å². The van der Waals surface area contributed by atoms with Gasteiger partial charge in [-0.25, -0.2) is 0 Å². The van der Waals surface area contributed by atoms with Crippen LogP contribution in [0.2, 0.25) is 0 Å².